The molecule has 1 amide bonds. The molecule has 1 aromatic carbocycles. The Morgan fingerprint density at radius 1 is 1.30 bits per heavy atom. The van der Waals surface area contributed by atoms with E-state index in [0.717, 1.165) is 52.0 Å². The average molecular weight is 377 g/mol. The summed E-state index contributed by atoms with van der Waals surface area (Å²) in [5, 5.41) is 14.2. The lowest BCUT2D eigenvalue weighted by molar-refractivity contribution is -0.385. The van der Waals surface area contributed by atoms with Crippen molar-refractivity contribution in [3.8, 4) is 5.75 Å². The number of morpholine rings is 1. The lowest BCUT2D eigenvalue weighted by Gasteiger charge is -2.48. The van der Waals surface area contributed by atoms with E-state index in [4.69, 9.17) is 9.47 Å². The van der Waals surface area contributed by atoms with E-state index in [-0.39, 0.29) is 28.4 Å². The molecule has 1 aromatic rings. The number of nitrogens with zero attached hydrogens (tertiary/aromatic N) is 2. The second kappa shape index (κ2) is 8.67. The first-order chi connectivity index (χ1) is 13.1. The highest BCUT2D eigenvalue weighted by atomic mass is 16.6. The fourth-order valence-corrected chi connectivity index (χ4v) is 4.17. The van der Waals surface area contributed by atoms with E-state index >= 15 is 0 Å². The van der Waals surface area contributed by atoms with Crippen LogP contribution in [0.1, 0.15) is 42.5 Å². The molecule has 0 spiro atoms. The van der Waals surface area contributed by atoms with Gasteiger partial charge in [-0.3, -0.25) is 19.8 Å². The molecule has 1 aliphatic heterocycles. The van der Waals surface area contributed by atoms with Gasteiger partial charge in [0.2, 0.25) is 0 Å². The molecule has 1 N–H and O–H groups in total. The predicted molar refractivity (Wildman–Crippen MR) is 100 cm³/mol. The second-order valence-corrected chi connectivity index (χ2v) is 7.21. The van der Waals surface area contributed by atoms with Crippen LogP contribution in [0.15, 0.2) is 18.2 Å². The number of benzene rings is 1. The zero-order chi connectivity index (χ0) is 19.3. The monoisotopic (exact) mass is 377 g/mol. The summed E-state index contributed by atoms with van der Waals surface area (Å²) in [6.07, 6.45) is 5.64. The van der Waals surface area contributed by atoms with Crippen molar-refractivity contribution < 1.29 is 19.2 Å². The number of ether oxygens (including phenoxy) is 2. The Hall–Kier alpha value is -2.19. The number of nitro benzene ring substituents is 1. The Morgan fingerprint density at radius 3 is 2.63 bits per heavy atom. The molecule has 3 rings (SSSR count). The molecule has 0 bridgehead atoms. The lowest BCUT2D eigenvalue weighted by atomic mass is 9.79. The van der Waals surface area contributed by atoms with Gasteiger partial charge in [0.05, 0.1) is 25.2 Å². The van der Waals surface area contributed by atoms with Crippen LogP contribution >= 0.6 is 0 Å². The highest BCUT2D eigenvalue weighted by molar-refractivity contribution is 5.95. The Bertz CT molecular complexity index is 682. The summed E-state index contributed by atoms with van der Waals surface area (Å²) in [5.74, 6) is -0.146. The summed E-state index contributed by atoms with van der Waals surface area (Å²) >= 11 is 0. The maximum absolute atomic E-state index is 12.7. The maximum Gasteiger partial charge on any atom is 0.311 e. The van der Waals surface area contributed by atoms with Gasteiger partial charge >= 0.3 is 5.69 Å². The number of carbonyl (C=O) groups is 1. The number of hydrogen-bond donors (Lipinski definition) is 1. The molecule has 0 aromatic heterocycles. The number of rotatable bonds is 6. The molecule has 1 saturated carbocycles. The molecule has 148 valence electrons. The SMILES string of the molecule is COc1ccc(C(=O)NCC2(N3CCOCC3)CCCCC2)cc1[N+](=O)[O-]. The van der Waals surface area contributed by atoms with Crippen molar-refractivity contribution in [2.75, 3.05) is 40.0 Å². The van der Waals surface area contributed by atoms with Gasteiger partial charge < -0.3 is 14.8 Å². The summed E-state index contributed by atoms with van der Waals surface area (Å²) in [7, 11) is 1.37. The van der Waals surface area contributed by atoms with Crippen molar-refractivity contribution in [1.82, 2.24) is 10.2 Å². The standard InChI is InChI=1S/C19H27N3O5/c1-26-17-6-5-15(13-16(17)22(24)25)18(23)20-14-19(7-3-2-4-8-19)21-9-11-27-12-10-21/h5-6,13H,2-4,7-12,14H2,1H3,(H,20,23). The van der Waals surface area contributed by atoms with Crippen LogP contribution in [-0.4, -0.2) is 61.2 Å². The van der Waals surface area contributed by atoms with Crippen LogP contribution in [0, 0.1) is 10.1 Å². The van der Waals surface area contributed by atoms with Gasteiger partial charge in [-0.15, -0.1) is 0 Å². The number of nitro groups is 1. The van der Waals surface area contributed by atoms with Crippen molar-refractivity contribution in [2.24, 2.45) is 0 Å². The smallest absolute Gasteiger partial charge is 0.311 e. The normalized spacial score (nSPS) is 20.0. The fourth-order valence-electron chi connectivity index (χ4n) is 4.17. The van der Waals surface area contributed by atoms with E-state index in [1.165, 1.54) is 25.7 Å². The molecular weight excluding hydrogens is 350 g/mol. The predicted octanol–water partition coefficient (Wildman–Crippen LogP) is 2.37. The van der Waals surface area contributed by atoms with Gasteiger partial charge in [-0.25, -0.2) is 0 Å². The van der Waals surface area contributed by atoms with E-state index in [2.05, 4.69) is 10.2 Å². The van der Waals surface area contributed by atoms with Gasteiger partial charge in [-0.05, 0) is 25.0 Å². The molecule has 0 radical (unpaired) electrons. The fraction of sp³-hybridized carbons (Fsp3) is 0.632. The first-order valence-corrected chi connectivity index (χ1v) is 9.49. The quantitative estimate of drug-likeness (QED) is 0.604. The molecule has 1 heterocycles. The molecule has 2 fully saturated rings. The molecule has 1 saturated heterocycles. The minimum atomic E-state index is -0.536. The van der Waals surface area contributed by atoms with Crippen LogP contribution in [0.3, 0.4) is 0 Å². The molecule has 2 aliphatic rings. The van der Waals surface area contributed by atoms with E-state index in [1.807, 2.05) is 0 Å². The Morgan fingerprint density at radius 2 is 2.00 bits per heavy atom. The third kappa shape index (κ3) is 4.39. The van der Waals surface area contributed by atoms with E-state index < -0.39 is 4.92 Å². The van der Waals surface area contributed by atoms with E-state index in [0.29, 0.717) is 6.54 Å². The molecule has 8 nitrogen and oxygen atoms in total. The minimum absolute atomic E-state index is 0.0455. The summed E-state index contributed by atoms with van der Waals surface area (Å²) in [6, 6.07) is 4.30. The number of nitrogens with one attached hydrogen (secondary N) is 1. The molecule has 27 heavy (non-hydrogen) atoms. The van der Waals surface area contributed by atoms with Crippen molar-refractivity contribution in [3.05, 3.63) is 33.9 Å². The zero-order valence-corrected chi connectivity index (χ0v) is 15.7. The van der Waals surface area contributed by atoms with Crippen LogP contribution in [0.25, 0.3) is 0 Å². The van der Waals surface area contributed by atoms with Crippen molar-refractivity contribution >= 4 is 11.6 Å². The third-order valence-corrected chi connectivity index (χ3v) is 5.68. The van der Waals surface area contributed by atoms with Gasteiger partial charge in [0.1, 0.15) is 0 Å². The summed E-state index contributed by atoms with van der Waals surface area (Å²) in [6.45, 7) is 3.75. The maximum atomic E-state index is 12.7. The highest BCUT2D eigenvalue weighted by Crippen LogP contribution is 2.34. The zero-order valence-electron chi connectivity index (χ0n) is 15.7. The molecule has 8 heteroatoms. The Kier molecular flexibility index (Phi) is 6.28. The lowest BCUT2D eigenvalue weighted by Crippen LogP contribution is -2.59. The molecule has 0 unspecified atom stereocenters. The first-order valence-electron chi connectivity index (χ1n) is 9.49. The topological polar surface area (TPSA) is 93.9 Å². The number of methoxy groups -OCH3 is 1. The first kappa shape index (κ1) is 19.6. The van der Waals surface area contributed by atoms with Crippen LogP contribution in [0.4, 0.5) is 5.69 Å². The summed E-state index contributed by atoms with van der Waals surface area (Å²) in [4.78, 5) is 25.8. The van der Waals surface area contributed by atoms with Crippen LogP contribution < -0.4 is 10.1 Å². The highest BCUT2D eigenvalue weighted by Gasteiger charge is 2.38. The van der Waals surface area contributed by atoms with Crippen molar-refractivity contribution in [2.45, 2.75) is 37.6 Å². The van der Waals surface area contributed by atoms with Crippen LogP contribution in [-0.2, 0) is 4.74 Å². The van der Waals surface area contributed by atoms with Crippen molar-refractivity contribution in [1.29, 1.82) is 0 Å². The van der Waals surface area contributed by atoms with Gasteiger partial charge in [-0.1, -0.05) is 19.3 Å². The Labute approximate surface area is 159 Å². The number of carbonyl (C=O) groups excluding carboxylic acids is 1. The number of hydrogen-bond acceptors (Lipinski definition) is 6. The molecule has 1 aliphatic carbocycles. The van der Waals surface area contributed by atoms with Gasteiger partial charge in [-0.2, -0.15) is 0 Å². The second-order valence-electron chi connectivity index (χ2n) is 7.21. The van der Waals surface area contributed by atoms with Gasteiger partial charge in [0.15, 0.2) is 5.75 Å². The van der Waals surface area contributed by atoms with E-state index in [1.54, 1.807) is 6.07 Å². The third-order valence-electron chi connectivity index (χ3n) is 5.68. The van der Waals surface area contributed by atoms with Gasteiger partial charge in [0, 0.05) is 36.8 Å². The average Bonchev–Trinajstić information content (AvgIpc) is 2.72. The number of amides is 1. The van der Waals surface area contributed by atoms with Crippen molar-refractivity contribution in [3.63, 3.8) is 0 Å². The summed E-state index contributed by atoms with van der Waals surface area (Å²) < 4.78 is 10.5. The Balaban J connectivity index is 1.72. The van der Waals surface area contributed by atoms with Crippen LogP contribution in [0.2, 0.25) is 0 Å². The van der Waals surface area contributed by atoms with Gasteiger partial charge in [0.25, 0.3) is 5.91 Å². The van der Waals surface area contributed by atoms with Crippen LogP contribution in [0.5, 0.6) is 5.75 Å². The summed E-state index contributed by atoms with van der Waals surface area (Å²) in [5.41, 5.74) is 0.0250. The molecular formula is C19H27N3O5. The molecule has 0 atom stereocenters. The largest absolute Gasteiger partial charge is 0.490 e. The van der Waals surface area contributed by atoms with E-state index in [9.17, 15) is 14.9 Å². The minimum Gasteiger partial charge on any atom is -0.490 e.